The summed E-state index contributed by atoms with van der Waals surface area (Å²) in [4.78, 5) is 10.9. The summed E-state index contributed by atoms with van der Waals surface area (Å²) in [5.41, 5.74) is 7.11. The maximum absolute atomic E-state index is 10.9. The van der Waals surface area contributed by atoms with Gasteiger partial charge in [-0.25, -0.2) is 4.79 Å². The van der Waals surface area contributed by atoms with Crippen LogP contribution in [0.2, 0.25) is 0 Å². The van der Waals surface area contributed by atoms with Gasteiger partial charge in [-0.3, -0.25) is 10.1 Å². The van der Waals surface area contributed by atoms with Gasteiger partial charge in [-0.1, -0.05) is 44.0 Å². The van der Waals surface area contributed by atoms with Gasteiger partial charge in [0.15, 0.2) is 16.6 Å². The first-order chi connectivity index (χ1) is 16.3. The van der Waals surface area contributed by atoms with Crippen molar-refractivity contribution in [2.45, 2.75) is 39.5 Å². The summed E-state index contributed by atoms with van der Waals surface area (Å²) in [6, 6.07) is 14.4. The summed E-state index contributed by atoms with van der Waals surface area (Å²) in [5.74, 6) is -0.947. The molecule has 178 valence electrons. The molecule has 9 heteroatoms. The molecule has 0 saturated carbocycles. The zero-order valence-corrected chi connectivity index (χ0v) is 20.3. The van der Waals surface area contributed by atoms with Crippen molar-refractivity contribution in [3.63, 3.8) is 0 Å². The van der Waals surface area contributed by atoms with Crippen LogP contribution in [0.1, 0.15) is 54.7 Å². The summed E-state index contributed by atoms with van der Waals surface area (Å²) in [7, 11) is 1.78. The van der Waals surface area contributed by atoms with Crippen molar-refractivity contribution in [3.05, 3.63) is 65.4 Å². The number of hydrazone groups is 1. The molecule has 8 nitrogen and oxygen atoms in total. The van der Waals surface area contributed by atoms with Gasteiger partial charge < -0.3 is 15.5 Å². The smallest absolute Gasteiger partial charge is 0.335 e. The molecule has 0 bridgehead atoms. The minimum Gasteiger partial charge on any atom is -0.504 e. The van der Waals surface area contributed by atoms with Crippen LogP contribution in [0.4, 0.5) is 5.69 Å². The van der Waals surface area contributed by atoms with Crippen molar-refractivity contribution in [1.29, 1.82) is 0 Å². The van der Waals surface area contributed by atoms with Crippen LogP contribution in [0.15, 0.2) is 53.6 Å². The molecule has 0 saturated heterocycles. The van der Waals surface area contributed by atoms with Crippen LogP contribution < -0.4 is 10.7 Å². The number of aryl methyl sites for hydroxylation is 2. The van der Waals surface area contributed by atoms with Crippen LogP contribution in [0.5, 0.6) is 5.75 Å². The number of nitrogens with zero attached hydrogens (tertiary/aromatic N) is 3. The number of aromatic nitrogens is 2. The number of hydrogen-bond acceptors (Lipinski definition) is 5. The van der Waals surface area contributed by atoms with Gasteiger partial charge >= 0.3 is 5.97 Å². The third-order valence-electron chi connectivity index (χ3n) is 5.38. The number of hydrogen-bond donors (Lipinski definition) is 4. The molecule has 1 aromatic heterocycles. The molecule has 3 aromatic rings. The van der Waals surface area contributed by atoms with Crippen molar-refractivity contribution in [3.8, 4) is 17.0 Å². The van der Waals surface area contributed by atoms with E-state index < -0.39 is 5.97 Å². The Hall–Kier alpha value is -3.72. The first-order valence-corrected chi connectivity index (χ1v) is 11.5. The molecule has 3 rings (SSSR count). The van der Waals surface area contributed by atoms with E-state index in [2.05, 4.69) is 40.0 Å². The third kappa shape index (κ3) is 6.20. The fourth-order valence-corrected chi connectivity index (χ4v) is 3.69. The lowest BCUT2D eigenvalue weighted by Crippen LogP contribution is -2.25. The van der Waals surface area contributed by atoms with Gasteiger partial charge in [-0.15, -0.1) is 0 Å². The highest BCUT2D eigenvalue weighted by Gasteiger charge is 2.19. The number of carboxylic acid groups (broad SMARTS) is 1. The van der Waals surface area contributed by atoms with Crippen molar-refractivity contribution in [1.82, 2.24) is 15.2 Å². The standard InChI is InChI=1S/C25H29N5O3S/c1-4-5-6-7-17-8-10-18(11-9-17)22-23(31)21(29-30(22)3)16(2)27-28-25(34)26-20-14-12-19(13-15-20)24(32)33/h8-15,31H,4-7H2,1-3H3,(H,32,33)(H2,26,28,34)/b27-16+. The summed E-state index contributed by atoms with van der Waals surface area (Å²) < 4.78 is 1.64. The number of aromatic carboxylic acids is 1. The molecule has 2 aromatic carbocycles. The van der Waals surface area contributed by atoms with E-state index in [0.717, 1.165) is 12.0 Å². The topological polar surface area (TPSA) is 112 Å². The molecule has 4 N–H and O–H groups in total. The summed E-state index contributed by atoms with van der Waals surface area (Å²) >= 11 is 5.25. The quantitative estimate of drug-likeness (QED) is 0.149. The van der Waals surface area contributed by atoms with Crippen LogP contribution in [-0.2, 0) is 13.5 Å². The molecule has 0 fully saturated rings. The molecule has 1 heterocycles. The van der Waals surface area contributed by atoms with E-state index in [0.29, 0.717) is 22.8 Å². The fraction of sp³-hybridized carbons (Fsp3) is 0.280. The van der Waals surface area contributed by atoms with E-state index in [1.807, 2.05) is 12.1 Å². The SMILES string of the molecule is CCCCCc1ccc(-c2c(O)c(/C(C)=N/NC(=S)Nc3ccc(C(=O)O)cc3)nn2C)cc1. The highest BCUT2D eigenvalue weighted by Crippen LogP contribution is 2.32. The van der Waals surface area contributed by atoms with Crippen LogP contribution in [-0.4, -0.2) is 36.8 Å². The van der Waals surface area contributed by atoms with Crippen molar-refractivity contribution in [2.75, 3.05) is 5.32 Å². The average Bonchev–Trinajstić information content (AvgIpc) is 3.12. The predicted molar refractivity (Wildman–Crippen MR) is 139 cm³/mol. The maximum atomic E-state index is 10.9. The second-order valence-electron chi connectivity index (χ2n) is 7.97. The monoisotopic (exact) mass is 479 g/mol. The second-order valence-corrected chi connectivity index (χ2v) is 8.38. The Morgan fingerprint density at radius 2 is 1.79 bits per heavy atom. The molecule has 0 amide bonds. The Balaban J connectivity index is 1.68. The zero-order chi connectivity index (χ0) is 24.7. The van der Waals surface area contributed by atoms with E-state index in [1.165, 1.54) is 37.0 Å². The van der Waals surface area contributed by atoms with E-state index in [9.17, 15) is 9.90 Å². The number of unbranched alkanes of at least 4 members (excludes halogenated alkanes) is 2. The minimum atomic E-state index is -0.995. The van der Waals surface area contributed by atoms with Gasteiger partial charge in [0.05, 0.1) is 11.3 Å². The molecule has 34 heavy (non-hydrogen) atoms. The van der Waals surface area contributed by atoms with Gasteiger partial charge in [0.2, 0.25) is 0 Å². The number of aromatic hydroxyl groups is 1. The van der Waals surface area contributed by atoms with Crippen LogP contribution in [0.3, 0.4) is 0 Å². The van der Waals surface area contributed by atoms with Gasteiger partial charge in [0.1, 0.15) is 5.69 Å². The Morgan fingerprint density at radius 1 is 1.12 bits per heavy atom. The predicted octanol–water partition coefficient (Wildman–Crippen LogP) is 4.93. The molecule has 0 unspecified atom stereocenters. The zero-order valence-electron chi connectivity index (χ0n) is 19.5. The Kier molecular flexibility index (Phi) is 8.37. The lowest BCUT2D eigenvalue weighted by Gasteiger charge is -2.08. The number of anilines is 1. The van der Waals surface area contributed by atoms with Gasteiger partial charge in [-0.2, -0.15) is 10.2 Å². The largest absolute Gasteiger partial charge is 0.504 e. The van der Waals surface area contributed by atoms with Crippen LogP contribution >= 0.6 is 12.2 Å². The molecule has 0 radical (unpaired) electrons. The number of carbonyl (C=O) groups is 1. The highest BCUT2D eigenvalue weighted by molar-refractivity contribution is 7.80. The van der Waals surface area contributed by atoms with Crippen LogP contribution in [0.25, 0.3) is 11.3 Å². The van der Waals surface area contributed by atoms with Gasteiger partial charge in [0.25, 0.3) is 0 Å². The second kappa shape index (κ2) is 11.4. The van der Waals surface area contributed by atoms with Gasteiger partial charge in [0, 0.05) is 18.3 Å². The number of benzene rings is 2. The van der Waals surface area contributed by atoms with Crippen molar-refractivity contribution in [2.24, 2.45) is 12.1 Å². The number of nitrogens with one attached hydrogen (secondary N) is 2. The van der Waals surface area contributed by atoms with Crippen molar-refractivity contribution >= 4 is 34.7 Å². The van der Waals surface area contributed by atoms with Crippen molar-refractivity contribution < 1.29 is 15.0 Å². The Morgan fingerprint density at radius 3 is 2.41 bits per heavy atom. The summed E-state index contributed by atoms with van der Waals surface area (Å²) in [6.45, 7) is 3.91. The first kappa shape index (κ1) is 24.9. The first-order valence-electron chi connectivity index (χ1n) is 11.1. The number of thiocarbonyl (C=S) groups is 1. The third-order valence-corrected chi connectivity index (χ3v) is 5.57. The molecule has 0 spiro atoms. The Bertz CT molecular complexity index is 1180. The molecular formula is C25H29N5O3S. The maximum Gasteiger partial charge on any atom is 0.335 e. The van der Waals surface area contributed by atoms with Gasteiger partial charge in [-0.05, 0) is 61.8 Å². The van der Waals surface area contributed by atoms with E-state index in [1.54, 1.807) is 30.8 Å². The number of rotatable bonds is 9. The minimum absolute atomic E-state index is 0.0485. The van der Waals surface area contributed by atoms with E-state index in [4.69, 9.17) is 17.3 Å². The molecule has 0 atom stereocenters. The lowest BCUT2D eigenvalue weighted by molar-refractivity contribution is 0.0697. The lowest BCUT2D eigenvalue weighted by atomic mass is 10.0. The van der Waals surface area contributed by atoms with E-state index in [-0.39, 0.29) is 16.4 Å². The normalized spacial score (nSPS) is 11.3. The Labute approximate surface area is 204 Å². The van der Waals surface area contributed by atoms with E-state index >= 15 is 0 Å². The average molecular weight is 480 g/mol. The molecule has 0 aliphatic heterocycles. The summed E-state index contributed by atoms with van der Waals surface area (Å²) in [6.07, 6.45) is 4.63. The molecule has 0 aliphatic rings. The molecule has 0 aliphatic carbocycles. The van der Waals surface area contributed by atoms with Crippen LogP contribution in [0, 0.1) is 0 Å². The summed E-state index contributed by atoms with van der Waals surface area (Å²) in [5, 5.41) is 31.6. The molecular weight excluding hydrogens is 450 g/mol. The fourth-order valence-electron chi connectivity index (χ4n) is 3.53. The highest BCUT2D eigenvalue weighted by atomic mass is 32.1. The number of carboxylic acids is 1.